The molecule has 6 rings (SSSR count). The molecule has 0 N–H and O–H groups in total. The van der Waals surface area contributed by atoms with Crippen molar-refractivity contribution in [2.45, 2.75) is 0 Å². The van der Waals surface area contributed by atoms with Gasteiger partial charge in [0.25, 0.3) is 5.63 Å². The van der Waals surface area contributed by atoms with Crippen molar-refractivity contribution < 1.29 is 24.5 Å². The van der Waals surface area contributed by atoms with E-state index in [4.69, 9.17) is 4.42 Å². The molecule has 0 fully saturated rings. The fourth-order valence-corrected chi connectivity index (χ4v) is 4.14. The summed E-state index contributed by atoms with van der Waals surface area (Å²) in [6, 6.07) is 35.1. The summed E-state index contributed by atoms with van der Waals surface area (Å²) in [7, 11) is 0. The van der Waals surface area contributed by atoms with E-state index in [-0.39, 0.29) is 20.1 Å². The number of hydrogen-bond donors (Lipinski definition) is 0. The van der Waals surface area contributed by atoms with E-state index in [0.29, 0.717) is 16.2 Å². The van der Waals surface area contributed by atoms with Gasteiger partial charge in [0.15, 0.2) is 0 Å². The summed E-state index contributed by atoms with van der Waals surface area (Å²) in [6.45, 7) is 0. The van der Waals surface area contributed by atoms with E-state index < -0.39 is 5.63 Å². The Kier molecular flexibility index (Phi) is 7.20. The average Bonchev–Trinajstić information content (AvgIpc) is 3.29. The van der Waals surface area contributed by atoms with Crippen LogP contribution in [0, 0.1) is 12.1 Å². The molecule has 0 saturated carbocycles. The maximum Gasteiger partial charge on any atom is 0.269 e. The second-order valence-electron chi connectivity index (χ2n) is 6.86. The molecule has 6 heteroatoms. The number of aromatic nitrogens is 2. The number of thiazole rings is 1. The van der Waals surface area contributed by atoms with Crippen molar-refractivity contribution in [2.24, 2.45) is 0 Å². The maximum absolute atomic E-state index is 12.1. The summed E-state index contributed by atoms with van der Waals surface area (Å²) in [5.41, 5.74) is 3.43. The van der Waals surface area contributed by atoms with E-state index in [1.807, 2.05) is 84.9 Å². The number of pyridine rings is 1. The predicted octanol–water partition coefficient (Wildman–Crippen LogP) is 6.42. The first-order valence-corrected chi connectivity index (χ1v) is 10.8. The molecular formula is C27H16IrN2O2S-2. The smallest absolute Gasteiger partial charge is 0.269 e. The maximum atomic E-state index is 12.1. The minimum Gasteiger partial charge on any atom is -0.496 e. The van der Waals surface area contributed by atoms with Crippen LogP contribution in [0.25, 0.3) is 43.0 Å². The second kappa shape index (κ2) is 10.5. The SMILES string of the molecule is O=c1oc2ccccc2[c-]c1-c1nc2ccccc2s1.[Ir].[c-]1ccccc1-c1ccccn1. The van der Waals surface area contributed by atoms with Crippen LogP contribution in [0.2, 0.25) is 0 Å². The van der Waals surface area contributed by atoms with Crippen LogP contribution < -0.4 is 5.63 Å². The van der Waals surface area contributed by atoms with E-state index in [0.717, 1.165) is 26.9 Å². The fraction of sp³-hybridized carbons (Fsp3) is 0. The topological polar surface area (TPSA) is 56.0 Å². The van der Waals surface area contributed by atoms with Gasteiger partial charge in [0, 0.05) is 31.0 Å². The molecule has 0 bridgehead atoms. The molecule has 0 spiro atoms. The van der Waals surface area contributed by atoms with Crippen molar-refractivity contribution >= 4 is 32.5 Å². The van der Waals surface area contributed by atoms with E-state index in [1.54, 1.807) is 12.3 Å². The molecular weight excluding hydrogens is 609 g/mol. The Morgan fingerprint density at radius 1 is 0.848 bits per heavy atom. The van der Waals surface area contributed by atoms with Crippen LogP contribution in [-0.2, 0) is 20.1 Å². The van der Waals surface area contributed by atoms with Gasteiger partial charge in [-0.05, 0) is 29.5 Å². The average molecular weight is 625 g/mol. The Hall–Kier alpha value is -3.44. The monoisotopic (exact) mass is 625 g/mol. The van der Waals surface area contributed by atoms with E-state index >= 15 is 0 Å². The van der Waals surface area contributed by atoms with Gasteiger partial charge >= 0.3 is 0 Å². The molecule has 163 valence electrons. The number of fused-ring (bicyclic) bond motifs is 2. The van der Waals surface area contributed by atoms with Crippen LogP contribution in [0.3, 0.4) is 0 Å². The zero-order chi connectivity index (χ0) is 21.8. The molecule has 6 aromatic rings. The molecule has 0 saturated heterocycles. The van der Waals surface area contributed by atoms with Crippen molar-refractivity contribution in [1.29, 1.82) is 0 Å². The number of hydrogen-bond acceptors (Lipinski definition) is 5. The van der Waals surface area contributed by atoms with E-state index in [2.05, 4.69) is 22.1 Å². The van der Waals surface area contributed by atoms with Crippen LogP contribution in [-0.4, -0.2) is 9.97 Å². The zero-order valence-corrected chi connectivity index (χ0v) is 20.4. The summed E-state index contributed by atoms with van der Waals surface area (Å²) in [5.74, 6) is 0. The summed E-state index contributed by atoms with van der Waals surface area (Å²) in [6.07, 6.45) is 1.79. The summed E-state index contributed by atoms with van der Waals surface area (Å²) in [4.78, 5) is 20.8. The first kappa shape index (κ1) is 22.7. The van der Waals surface area contributed by atoms with Crippen molar-refractivity contribution in [1.82, 2.24) is 9.97 Å². The largest absolute Gasteiger partial charge is 0.496 e. The molecule has 3 aromatic carbocycles. The van der Waals surface area contributed by atoms with Gasteiger partial charge in [-0.15, -0.1) is 48.0 Å². The molecule has 0 unspecified atom stereocenters. The van der Waals surface area contributed by atoms with Gasteiger partial charge in [-0.3, -0.25) is 9.78 Å². The molecule has 0 amide bonds. The Morgan fingerprint density at radius 3 is 2.42 bits per heavy atom. The third-order valence-corrected chi connectivity index (χ3v) is 5.77. The Balaban J connectivity index is 0.000000172. The van der Waals surface area contributed by atoms with Gasteiger partial charge in [-0.2, -0.15) is 11.3 Å². The number of benzene rings is 3. The van der Waals surface area contributed by atoms with Crippen LogP contribution in [0.5, 0.6) is 0 Å². The minimum atomic E-state index is -0.400. The summed E-state index contributed by atoms with van der Waals surface area (Å²) < 4.78 is 6.37. The van der Waals surface area contributed by atoms with Gasteiger partial charge in [-0.1, -0.05) is 47.9 Å². The van der Waals surface area contributed by atoms with Crippen LogP contribution in [0.15, 0.2) is 106 Å². The standard InChI is InChI=1S/C16H8NO2S.C11H8N.Ir/c18-16-11(9-10-5-1-3-7-13(10)19-16)15-17-12-6-2-4-8-14(12)20-15;1-2-6-10(7-3-1)11-8-4-5-9-12-11;/h1-8H;1-6,8-9H;/q2*-1;. The number of nitrogens with zero attached hydrogens (tertiary/aromatic N) is 2. The molecule has 0 aliphatic rings. The van der Waals surface area contributed by atoms with Gasteiger partial charge in [0.05, 0.1) is 16.1 Å². The Labute approximate surface area is 207 Å². The van der Waals surface area contributed by atoms with Crippen LogP contribution >= 0.6 is 11.3 Å². The fourth-order valence-electron chi connectivity index (χ4n) is 3.19. The molecule has 33 heavy (non-hydrogen) atoms. The van der Waals surface area contributed by atoms with Crippen molar-refractivity contribution in [3.05, 3.63) is 120 Å². The molecule has 1 radical (unpaired) electrons. The quantitative estimate of drug-likeness (QED) is 0.165. The van der Waals surface area contributed by atoms with E-state index in [9.17, 15) is 4.79 Å². The molecule has 3 heterocycles. The summed E-state index contributed by atoms with van der Waals surface area (Å²) in [5, 5.41) is 1.42. The predicted molar refractivity (Wildman–Crippen MR) is 128 cm³/mol. The Morgan fingerprint density at radius 2 is 1.64 bits per heavy atom. The minimum absolute atomic E-state index is 0. The van der Waals surface area contributed by atoms with Gasteiger partial charge in [0.1, 0.15) is 0 Å². The van der Waals surface area contributed by atoms with Gasteiger partial charge in [-0.25, -0.2) is 0 Å². The molecule has 0 aliphatic heterocycles. The summed E-state index contributed by atoms with van der Waals surface area (Å²) >= 11 is 1.47. The molecule has 0 atom stereocenters. The second-order valence-corrected chi connectivity index (χ2v) is 7.89. The number of rotatable bonds is 2. The van der Waals surface area contributed by atoms with Gasteiger partial charge < -0.3 is 9.40 Å². The Bertz CT molecular complexity index is 1480. The van der Waals surface area contributed by atoms with Gasteiger partial charge in [0.2, 0.25) is 0 Å². The van der Waals surface area contributed by atoms with Crippen LogP contribution in [0.4, 0.5) is 0 Å². The first-order valence-electron chi connectivity index (χ1n) is 9.97. The third-order valence-electron chi connectivity index (χ3n) is 4.71. The van der Waals surface area contributed by atoms with Crippen molar-refractivity contribution in [3.63, 3.8) is 0 Å². The van der Waals surface area contributed by atoms with Crippen molar-refractivity contribution in [2.75, 3.05) is 0 Å². The molecule has 3 aromatic heterocycles. The third kappa shape index (κ3) is 5.15. The normalized spacial score (nSPS) is 10.3. The van der Waals surface area contributed by atoms with Crippen molar-refractivity contribution in [3.8, 4) is 21.8 Å². The molecule has 4 nitrogen and oxygen atoms in total. The van der Waals surface area contributed by atoms with Crippen LogP contribution in [0.1, 0.15) is 0 Å². The number of para-hydroxylation sites is 2. The van der Waals surface area contributed by atoms with E-state index in [1.165, 1.54) is 11.3 Å². The zero-order valence-electron chi connectivity index (χ0n) is 17.2. The molecule has 0 aliphatic carbocycles. The first-order chi connectivity index (χ1) is 15.8.